The minimum atomic E-state index is -0.350. The van der Waals surface area contributed by atoms with Crippen molar-refractivity contribution in [2.45, 2.75) is 19.3 Å². The Morgan fingerprint density at radius 3 is 2.83 bits per heavy atom. The van der Waals surface area contributed by atoms with Crippen molar-refractivity contribution in [1.82, 2.24) is 9.97 Å². The van der Waals surface area contributed by atoms with E-state index in [1.54, 1.807) is 34.0 Å². The average molecular weight is 286 g/mol. The van der Waals surface area contributed by atoms with Crippen molar-refractivity contribution in [3.05, 3.63) is 39.7 Å². The molecule has 0 atom stereocenters. The maximum absolute atomic E-state index is 14.1. The SMILES string of the molecule is Cc1ncsc1CN(C)c1nccc(CCl)c1F. The monoisotopic (exact) mass is 285 g/mol. The summed E-state index contributed by atoms with van der Waals surface area (Å²) in [4.78, 5) is 11.1. The quantitative estimate of drug-likeness (QED) is 0.807. The summed E-state index contributed by atoms with van der Waals surface area (Å²) in [5.41, 5.74) is 3.23. The van der Waals surface area contributed by atoms with E-state index in [0.29, 0.717) is 17.9 Å². The Morgan fingerprint density at radius 1 is 1.44 bits per heavy atom. The summed E-state index contributed by atoms with van der Waals surface area (Å²) < 4.78 is 14.1. The number of aromatic nitrogens is 2. The largest absolute Gasteiger partial charge is 0.352 e. The van der Waals surface area contributed by atoms with E-state index in [1.807, 2.05) is 14.0 Å². The second-order valence-corrected chi connectivity index (χ2v) is 5.16. The number of alkyl halides is 1. The van der Waals surface area contributed by atoms with Crippen molar-refractivity contribution in [2.75, 3.05) is 11.9 Å². The number of hydrogen-bond donors (Lipinski definition) is 0. The minimum absolute atomic E-state index is 0.148. The number of rotatable bonds is 4. The third kappa shape index (κ3) is 2.62. The first-order chi connectivity index (χ1) is 8.63. The molecule has 3 nitrogen and oxygen atoms in total. The molecule has 6 heteroatoms. The summed E-state index contributed by atoms with van der Waals surface area (Å²) in [6, 6.07) is 1.59. The van der Waals surface area contributed by atoms with E-state index in [9.17, 15) is 4.39 Å². The molecule has 0 N–H and O–H groups in total. The van der Waals surface area contributed by atoms with Gasteiger partial charge in [-0.15, -0.1) is 22.9 Å². The topological polar surface area (TPSA) is 29.0 Å². The molecule has 0 saturated carbocycles. The summed E-state index contributed by atoms with van der Waals surface area (Å²) in [5.74, 6) is 0.118. The lowest BCUT2D eigenvalue weighted by molar-refractivity contribution is 0.604. The van der Waals surface area contributed by atoms with Gasteiger partial charge in [0.1, 0.15) is 0 Å². The van der Waals surface area contributed by atoms with Gasteiger partial charge in [-0.05, 0) is 13.0 Å². The summed E-state index contributed by atoms with van der Waals surface area (Å²) in [6.07, 6.45) is 1.58. The zero-order valence-corrected chi connectivity index (χ0v) is 11.7. The van der Waals surface area contributed by atoms with Gasteiger partial charge >= 0.3 is 0 Å². The first-order valence-electron chi connectivity index (χ1n) is 5.43. The highest BCUT2D eigenvalue weighted by Crippen LogP contribution is 2.23. The van der Waals surface area contributed by atoms with E-state index < -0.39 is 0 Å². The Bertz CT molecular complexity index is 544. The van der Waals surface area contributed by atoms with E-state index >= 15 is 0 Å². The van der Waals surface area contributed by atoms with Crippen LogP contribution in [-0.4, -0.2) is 17.0 Å². The number of nitrogens with zero attached hydrogens (tertiary/aromatic N) is 3. The maximum Gasteiger partial charge on any atom is 0.170 e. The molecular weight excluding hydrogens is 273 g/mol. The van der Waals surface area contributed by atoms with Crippen molar-refractivity contribution in [3.8, 4) is 0 Å². The highest BCUT2D eigenvalue weighted by molar-refractivity contribution is 7.09. The summed E-state index contributed by atoms with van der Waals surface area (Å²) in [7, 11) is 1.81. The van der Waals surface area contributed by atoms with E-state index in [-0.39, 0.29) is 11.7 Å². The van der Waals surface area contributed by atoms with Crippen LogP contribution in [0, 0.1) is 12.7 Å². The molecule has 0 radical (unpaired) electrons. The van der Waals surface area contributed by atoms with Crippen LogP contribution in [0.4, 0.5) is 10.2 Å². The van der Waals surface area contributed by atoms with Crippen molar-refractivity contribution in [1.29, 1.82) is 0 Å². The second kappa shape index (κ2) is 5.63. The van der Waals surface area contributed by atoms with Crippen LogP contribution in [0.2, 0.25) is 0 Å². The molecule has 0 amide bonds. The Labute approximate surface area is 114 Å². The number of hydrogen-bond acceptors (Lipinski definition) is 4. The number of halogens is 2. The zero-order chi connectivity index (χ0) is 13.1. The van der Waals surface area contributed by atoms with Gasteiger partial charge in [-0.3, -0.25) is 0 Å². The molecule has 18 heavy (non-hydrogen) atoms. The van der Waals surface area contributed by atoms with Gasteiger partial charge in [-0.1, -0.05) is 0 Å². The molecule has 0 saturated heterocycles. The highest BCUT2D eigenvalue weighted by Gasteiger charge is 2.14. The van der Waals surface area contributed by atoms with Gasteiger partial charge in [-0.2, -0.15) is 0 Å². The van der Waals surface area contributed by atoms with Crippen LogP contribution < -0.4 is 4.90 Å². The lowest BCUT2D eigenvalue weighted by Crippen LogP contribution is -2.19. The molecule has 0 spiro atoms. The van der Waals surface area contributed by atoms with Crippen molar-refractivity contribution in [3.63, 3.8) is 0 Å². The van der Waals surface area contributed by atoms with Crippen LogP contribution in [0.5, 0.6) is 0 Å². The Morgan fingerprint density at radius 2 is 2.22 bits per heavy atom. The highest BCUT2D eigenvalue weighted by atomic mass is 35.5. The lowest BCUT2D eigenvalue weighted by Gasteiger charge is -2.18. The molecule has 2 heterocycles. The number of pyridine rings is 1. The number of aryl methyl sites for hydroxylation is 1. The molecule has 2 rings (SSSR count). The van der Waals surface area contributed by atoms with Crippen molar-refractivity contribution in [2.24, 2.45) is 0 Å². The van der Waals surface area contributed by atoms with E-state index in [0.717, 1.165) is 10.6 Å². The molecule has 0 aliphatic heterocycles. The second-order valence-electron chi connectivity index (χ2n) is 3.96. The number of thiazole rings is 1. The van der Waals surface area contributed by atoms with Gasteiger partial charge < -0.3 is 4.90 Å². The predicted molar refractivity (Wildman–Crippen MR) is 72.7 cm³/mol. The van der Waals surface area contributed by atoms with Crippen LogP contribution in [0.15, 0.2) is 17.8 Å². The predicted octanol–water partition coefficient (Wildman–Crippen LogP) is 3.36. The Balaban J connectivity index is 2.24. The van der Waals surface area contributed by atoms with Crippen molar-refractivity contribution < 1.29 is 4.39 Å². The molecule has 0 fully saturated rings. The normalized spacial score (nSPS) is 10.7. The average Bonchev–Trinajstić information content (AvgIpc) is 2.75. The molecule has 0 bridgehead atoms. The fourth-order valence-electron chi connectivity index (χ4n) is 1.61. The van der Waals surface area contributed by atoms with E-state index in [2.05, 4.69) is 9.97 Å². The summed E-state index contributed by atoms with van der Waals surface area (Å²) in [6.45, 7) is 2.53. The molecule has 0 aromatic carbocycles. The van der Waals surface area contributed by atoms with Crippen molar-refractivity contribution >= 4 is 28.8 Å². The van der Waals surface area contributed by atoms with Gasteiger partial charge in [0.05, 0.1) is 23.6 Å². The molecule has 2 aromatic heterocycles. The molecule has 0 aliphatic rings. The molecule has 96 valence electrons. The summed E-state index contributed by atoms with van der Waals surface area (Å²) >= 11 is 7.24. The lowest BCUT2D eigenvalue weighted by atomic mass is 10.2. The third-order valence-corrected chi connectivity index (χ3v) is 3.89. The van der Waals surface area contributed by atoms with Crippen LogP contribution in [0.3, 0.4) is 0 Å². The zero-order valence-electron chi connectivity index (χ0n) is 10.2. The molecule has 2 aromatic rings. The minimum Gasteiger partial charge on any atom is -0.352 e. The van der Waals surface area contributed by atoms with Gasteiger partial charge in [0, 0.05) is 23.7 Å². The molecule has 0 unspecified atom stereocenters. The smallest absolute Gasteiger partial charge is 0.170 e. The standard InChI is InChI=1S/C12H13ClFN3S/c1-8-10(18-7-16-8)6-17(2)12-11(14)9(5-13)3-4-15-12/h3-4,7H,5-6H2,1-2H3. The molecule has 0 aliphatic carbocycles. The maximum atomic E-state index is 14.1. The first-order valence-corrected chi connectivity index (χ1v) is 6.84. The van der Waals surface area contributed by atoms with Gasteiger partial charge in [-0.25, -0.2) is 14.4 Å². The molecular formula is C12H13ClFN3S. The summed E-state index contributed by atoms with van der Waals surface area (Å²) in [5, 5.41) is 0. The van der Waals surface area contributed by atoms with E-state index in [4.69, 9.17) is 11.6 Å². The van der Waals surface area contributed by atoms with Gasteiger partial charge in [0.2, 0.25) is 0 Å². The van der Waals surface area contributed by atoms with Gasteiger partial charge in [0.25, 0.3) is 0 Å². The van der Waals surface area contributed by atoms with Crippen LogP contribution >= 0.6 is 22.9 Å². The Kier molecular flexibility index (Phi) is 4.14. The fourth-order valence-corrected chi connectivity index (χ4v) is 2.64. The first kappa shape index (κ1) is 13.2. The van der Waals surface area contributed by atoms with Crippen LogP contribution in [0.25, 0.3) is 0 Å². The fraction of sp³-hybridized carbons (Fsp3) is 0.333. The third-order valence-electron chi connectivity index (χ3n) is 2.68. The van der Waals surface area contributed by atoms with Gasteiger partial charge in [0.15, 0.2) is 11.6 Å². The Hall–Kier alpha value is -1.20. The van der Waals surface area contributed by atoms with Crippen LogP contribution in [0.1, 0.15) is 16.1 Å². The van der Waals surface area contributed by atoms with E-state index in [1.165, 1.54) is 0 Å². The van der Waals surface area contributed by atoms with Crippen LogP contribution in [-0.2, 0) is 12.4 Å². The number of anilines is 1.